The van der Waals surface area contributed by atoms with Crippen molar-refractivity contribution < 1.29 is 36.9 Å². The molecule has 0 fully saturated rings. The normalized spacial score (nSPS) is 11.3. The molecule has 0 atom stereocenters. The second-order valence-corrected chi connectivity index (χ2v) is 7.86. The highest BCUT2D eigenvalue weighted by Crippen LogP contribution is 2.36. The number of hydrogen-bond donors (Lipinski definition) is 3. The van der Waals surface area contributed by atoms with Gasteiger partial charge in [-0.05, 0) is 42.5 Å². The molecule has 37 heavy (non-hydrogen) atoms. The molecule has 1 heterocycles. The number of carbonyl (C=O) groups excluding carboxylic acids is 1. The van der Waals surface area contributed by atoms with Crippen molar-refractivity contribution in [2.45, 2.75) is 6.18 Å². The fraction of sp³-hybridized carbons (Fsp3) is 0.125. The average molecular weight is 537 g/mol. The lowest BCUT2D eigenvalue weighted by Gasteiger charge is -2.13. The van der Waals surface area contributed by atoms with E-state index < -0.39 is 28.6 Å². The van der Waals surface area contributed by atoms with Crippen molar-refractivity contribution >= 4 is 40.0 Å². The van der Waals surface area contributed by atoms with Crippen LogP contribution in [0.3, 0.4) is 0 Å². The predicted octanol–water partition coefficient (Wildman–Crippen LogP) is 6.25. The van der Waals surface area contributed by atoms with Crippen LogP contribution in [0.25, 0.3) is 11.0 Å². The maximum Gasteiger partial charge on any atom is 0.417 e. The maximum atomic E-state index is 14.4. The number of rotatable bonds is 7. The number of benzene rings is 3. The van der Waals surface area contributed by atoms with Crippen LogP contribution in [-0.4, -0.2) is 34.3 Å². The van der Waals surface area contributed by atoms with Crippen molar-refractivity contribution in [1.82, 2.24) is 9.97 Å². The second-order valence-electron chi connectivity index (χ2n) is 7.45. The van der Waals surface area contributed by atoms with Crippen molar-refractivity contribution in [3.05, 3.63) is 77.2 Å². The van der Waals surface area contributed by atoms with E-state index in [1.54, 1.807) is 6.07 Å². The number of ether oxygens (including phenoxy) is 2. The number of nitrogens with one attached hydrogen (secondary N) is 2. The molecule has 4 rings (SSSR count). The molecule has 0 aliphatic heterocycles. The van der Waals surface area contributed by atoms with Gasteiger partial charge >= 0.3 is 12.2 Å². The number of urea groups is 1. The minimum Gasteiger partial charge on any atom is -0.474 e. The zero-order valence-corrected chi connectivity index (χ0v) is 19.4. The Morgan fingerprint density at radius 2 is 1.73 bits per heavy atom. The Morgan fingerprint density at radius 1 is 1.00 bits per heavy atom. The Kier molecular flexibility index (Phi) is 7.60. The number of anilines is 2. The molecule has 0 radical (unpaired) electrons. The highest BCUT2D eigenvalue weighted by atomic mass is 35.5. The van der Waals surface area contributed by atoms with Crippen LogP contribution in [0, 0.1) is 5.82 Å². The summed E-state index contributed by atoms with van der Waals surface area (Å²) in [6.07, 6.45) is -3.30. The third-order valence-corrected chi connectivity index (χ3v) is 5.11. The van der Waals surface area contributed by atoms with Crippen LogP contribution < -0.4 is 20.1 Å². The van der Waals surface area contributed by atoms with Crippen LogP contribution in [0.1, 0.15) is 5.56 Å². The van der Waals surface area contributed by atoms with Gasteiger partial charge in [-0.1, -0.05) is 11.6 Å². The molecule has 0 saturated heterocycles. The number of aliphatic hydroxyl groups is 1. The molecule has 0 bridgehead atoms. The van der Waals surface area contributed by atoms with E-state index >= 15 is 0 Å². The van der Waals surface area contributed by atoms with Gasteiger partial charge in [0.1, 0.15) is 12.4 Å². The number of hydrogen-bond acceptors (Lipinski definition) is 6. The fourth-order valence-electron chi connectivity index (χ4n) is 3.16. The van der Waals surface area contributed by atoms with Gasteiger partial charge in [-0.2, -0.15) is 13.2 Å². The Bertz CT molecular complexity index is 1450. The van der Waals surface area contributed by atoms with Crippen LogP contribution in [0.4, 0.5) is 33.7 Å². The molecule has 8 nitrogen and oxygen atoms in total. The first-order valence-electron chi connectivity index (χ1n) is 10.5. The van der Waals surface area contributed by atoms with Crippen LogP contribution in [0.15, 0.2) is 60.8 Å². The van der Waals surface area contributed by atoms with Gasteiger partial charge in [0, 0.05) is 23.5 Å². The van der Waals surface area contributed by atoms with Crippen molar-refractivity contribution in [3.8, 4) is 17.4 Å². The third kappa shape index (κ3) is 6.54. The van der Waals surface area contributed by atoms with E-state index in [-0.39, 0.29) is 42.0 Å². The average Bonchev–Trinajstić information content (AvgIpc) is 2.85. The molecule has 0 saturated carbocycles. The lowest BCUT2D eigenvalue weighted by Crippen LogP contribution is -2.20. The van der Waals surface area contributed by atoms with Crippen LogP contribution in [0.2, 0.25) is 5.02 Å². The Morgan fingerprint density at radius 3 is 2.46 bits per heavy atom. The molecular formula is C24H17ClF4N4O4. The fourth-order valence-corrected chi connectivity index (χ4v) is 3.38. The first-order valence-corrected chi connectivity index (χ1v) is 10.9. The Labute approximate surface area is 211 Å². The SMILES string of the molecule is O=C(Nc1ccc(F)c(Oc2ccc3ncc(OCCO)nc3c2)c1)Nc1ccc(Cl)c(C(F)(F)F)c1. The molecule has 0 unspecified atom stereocenters. The van der Waals surface area contributed by atoms with Crippen LogP contribution >= 0.6 is 11.6 Å². The monoisotopic (exact) mass is 536 g/mol. The number of fused-ring (bicyclic) bond motifs is 1. The van der Waals surface area contributed by atoms with Gasteiger partial charge in [-0.25, -0.2) is 19.2 Å². The van der Waals surface area contributed by atoms with Gasteiger partial charge in [-0.3, -0.25) is 0 Å². The summed E-state index contributed by atoms with van der Waals surface area (Å²) in [6, 6.07) is 10.2. The number of carbonyl (C=O) groups is 1. The van der Waals surface area contributed by atoms with E-state index in [0.717, 1.165) is 12.1 Å². The van der Waals surface area contributed by atoms with E-state index in [1.807, 2.05) is 0 Å². The number of nitrogens with zero attached hydrogens (tertiary/aromatic N) is 2. The Hall–Kier alpha value is -4.16. The van der Waals surface area contributed by atoms with Crippen molar-refractivity contribution in [1.29, 1.82) is 0 Å². The Balaban J connectivity index is 1.48. The summed E-state index contributed by atoms with van der Waals surface area (Å²) < 4.78 is 64.4. The first-order chi connectivity index (χ1) is 17.6. The summed E-state index contributed by atoms with van der Waals surface area (Å²) in [5.74, 6) is -0.569. The topological polar surface area (TPSA) is 106 Å². The van der Waals surface area contributed by atoms with E-state index in [4.69, 9.17) is 26.2 Å². The molecule has 2 amide bonds. The van der Waals surface area contributed by atoms with Gasteiger partial charge in [-0.15, -0.1) is 0 Å². The molecule has 3 N–H and O–H groups in total. The highest BCUT2D eigenvalue weighted by molar-refractivity contribution is 6.31. The molecule has 0 aliphatic rings. The number of amides is 2. The number of alkyl halides is 3. The van der Waals surface area contributed by atoms with E-state index in [1.165, 1.54) is 36.5 Å². The predicted molar refractivity (Wildman–Crippen MR) is 128 cm³/mol. The first kappa shape index (κ1) is 25.9. The maximum absolute atomic E-state index is 14.4. The quantitative estimate of drug-likeness (QED) is 0.241. The van der Waals surface area contributed by atoms with E-state index in [2.05, 4.69) is 20.6 Å². The molecule has 192 valence electrons. The highest BCUT2D eigenvalue weighted by Gasteiger charge is 2.33. The van der Waals surface area contributed by atoms with Gasteiger partial charge in [0.05, 0.1) is 34.4 Å². The smallest absolute Gasteiger partial charge is 0.417 e. The molecular weight excluding hydrogens is 520 g/mol. The number of aliphatic hydroxyl groups excluding tert-OH is 1. The number of halogens is 5. The zero-order chi connectivity index (χ0) is 26.6. The number of aromatic nitrogens is 2. The van der Waals surface area contributed by atoms with Crippen molar-refractivity contribution in [3.63, 3.8) is 0 Å². The van der Waals surface area contributed by atoms with Crippen LogP contribution in [-0.2, 0) is 6.18 Å². The lowest BCUT2D eigenvalue weighted by atomic mass is 10.2. The second kappa shape index (κ2) is 10.8. The summed E-state index contributed by atoms with van der Waals surface area (Å²) >= 11 is 5.59. The summed E-state index contributed by atoms with van der Waals surface area (Å²) in [4.78, 5) is 20.8. The standard InChI is InChI=1S/C24H17ClF4N4O4/c25-17-4-1-13(9-16(17)24(27,28)29)31-23(35)32-14-2-5-18(26)21(10-14)37-15-3-6-19-20(11-15)33-22(12-30-19)36-8-7-34/h1-6,9-12,34H,7-8H2,(H2,31,32,35). The lowest BCUT2D eigenvalue weighted by molar-refractivity contribution is -0.137. The molecule has 0 spiro atoms. The van der Waals surface area contributed by atoms with Gasteiger partial charge in [0.25, 0.3) is 0 Å². The van der Waals surface area contributed by atoms with Crippen LogP contribution in [0.5, 0.6) is 17.4 Å². The molecule has 1 aromatic heterocycles. The zero-order valence-electron chi connectivity index (χ0n) is 18.6. The van der Waals surface area contributed by atoms with Crippen molar-refractivity contribution in [2.24, 2.45) is 0 Å². The molecule has 13 heteroatoms. The summed E-state index contributed by atoms with van der Waals surface area (Å²) in [5.41, 5.74) is -0.224. The minimum atomic E-state index is -4.70. The third-order valence-electron chi connectivity index (χ3n) is 4.78. The van der Waals surface area contributed by atoms with Gasteiger partial charge in [0.15, 0.2) is 11.6 Å². The molecule has 3 aromatic carbocycles. The van der Waals surface area contributed by atoms with Gasteiger partial charge < -0.3 is 25.2 Å². The van der Waals surface area contributed by atoms with Crippen molar-refractivity contribution in [2.75, 3.05) is 23.8 Å². The van der Waals surface area contributed by atoms with E-state index in [0.29, 0.717) is 17.1 Å². The minimum absolute atomic E-state index is 0.0382. The van der Waals surface area contributed by atoms with Gasteiger partial charge in [0.2, 0.25) is 5.88 Å². The molecule has 0 aliphatic carbocycles. The molecule has 4 aromatic rings. The summed E-state index contributed by atoms with van der Waals surface area (Å²) in [5, 5.41) is 13.0. The summed E-state index contributed by atoms with van der Waals surface area (Å²) in [6.45, 7) is -0.157. The van der Waals surface area contributed by atoms with E-state index in [9.17, 15) is 22.4 Å². The summed E-state index contributed by atoms with van der Waals surface area (Å²) in [7, 11) is 0. The largest absolute Gasteiger partial charge is 0.474 e.